The average Bonchev–Trinajstić information content (AvgIpc) is 2.15. The van der Waals surface area contributed by atoms with Gasteiger partial charge in [0.25, 0.3) is 0 Å². The Morgan fingerprint density at radius 2 is 2.38 bits per heavy atom. The molecule has 0 atom stereocenters. The Morgan fingerprint density at radius 1 is 1.69 bits per heavy atom. The van der Waals surface area contributed by atoms with Gasteiger partial charge in [-0.1, -0.05) is 0 Å². The van der Waals surface area contributed by atoms with Crippen molar-refractivity contribution in [3.63, 3.8) is 0 Å². The van der Waals surface area contributed by atoms with Gasteiger partial charge >= 0.3 is 75.8 Å². The Morgan fingerprint density at radius 3 is 2.92 bits per heavy atom. The van der Waals surface area contributed by atoms with Crippen molar-refractivity contribution in [1.29, 1.82) is 0 Å². The summed E-state index contributed by atoms with van der Waals surface area (Å²) in [7, 11) is 2.24. The van der Waals surface area contributed by atoms with Gasteiger partial charge in [0, 0.05) is 0 Å². The molecule has 1 aliphatic rings. The number of methoxy groups -OCH3 is 1. The van der Waals surface area contributed by atoms with Crippen molar-refractivity contribution in [3.05, 3.63) is 23.4 Å². The summed E-state index contributed by atoms with van der Waals surface area (Å²) >= 11 is 0. The summed E-state index contributed by atoms with van der Waals surface area (Å²) < 4.78 is 4.53. The van der Waals surface area contributed by atoms with Crippen LogP contribution in [0.5, 0.6) is 0 Å². The summed E-state index contributed by atoms with van der Waals surface area (Å²) in [4.78, 5) is 11.1. The van der Waals surface area contributed by atoms with Gasteiger partial charge in [0.05, 0.1) is 0 Å². The van der Waals surface area contributed by atoms with E-state index in [1.54, 1.807) is 12.2 Å². The zero-order valence-electron chi connectivity index (χ0n) is 7.28. The van der Waals surface area contributed by atoms with E-state index in [1.165, 1.54) is 7.11 Å². The average molecular weight is 179 g/mol. The van der Waals surface area contributed by atoms with Crippen LogP contribution in [0.4, 0.5) is 0 Å². The van der Waals surface area contributed by atoms with Crippen molar-refractivity contribution in [3.8, 4) is 0 Å². The van der Waals surface area contributed by atoms with E-state index >= 15 is 0 Å². The summed E-state index contributed by atoms with van der Waals surface area (Å²) in [6.07, 6.45) is 3.50. The molecule has 0 aromatic carbocycles. The number of carbonyl (C=O) groups is 1. The first-order valence-corrected chi connectivity index (χ1v) is 3.76. The fourth-order valence-electron chi connectivity index (χ4n) is 1.12. The van der Waals surface area contributed by atoms with Crippen LogP contribution in [0.25, 0.3) is 0 Å². The van der Waals surface area contributed by atoms with Gasteiger partial charge in [0.2, 0.25) is 0 Å². The standard InChI is InChI=1S/C8H10BNO3/c1-13-8(11)5-2-6(9-12)4-7(10)3-5/h3-4,12H,2,10H2,1H3. The minimum atomic E-state index is -0.421. The van der Waals surface area contributed by atoms with E-state index in [2.05, 4.69) is 4.74 Å². The molecule has 0 radical (unpaired) electrons. The molecule has 5 heteroatoms. The number of esters is 1. The summed E-state index contributed by atoms with van der Waals surface area (Å²) in [5.74, 6) is -0.421. The van der Waals surface area contributed by atoms with E-state index in [1.807, 2.05) is 0 Å². The quantitative estimate of drug-likeness (QED) is 0.404. The number of hydrogen-bond donors (Lipinski definition) is 2. The van der Waals surface area contributed by atoms with Crippen molar-refractivity contribution in [2.24, 2.45) is 5.73 Å². The third kappa shape index (κ3) is 2.21. The Hall–Kier alpha value is -1.52. The summed E-state index contributed by atoms with van der Waals surface area (Å²) in [6.45, 7) is 0. The van der Waals surface area contributed by atoms with Crippen LogP contribution < -0.4 is 5.73 Å². The molecule has 0 aliphatic heterocycles. The molecule has 0 aromatic heterocycles. The molecule has 0 bridgehead atoms. The van der Waals surface area contributed by atoms with Gasteiger partial charge in [0.15, 0.2) is 0 Å². The van der Waals surface area contributed by atoms with Crippen molar-refractivity contribution in [2.45, 2.75) is 6.42 Å². The molecule has 0 saturated heterocycles. The molecule has 1 rings (SSSR count). The monoisotopic (exact) mass is 179 g/mol. The van der Waals surface area contributed by atoms with Crippen LogP contribution in [-0.4, -0.2) is 30.7 Å². The van der Waals surface area contributed by atoms with E-state index in [-0.39, 0.29) is 0 Å². The van der Waals surface area contributed by atoms with Crippen LogP contribution in [0.2, 0.25) is 0 Å². The summed E-state index contributed by atoms with van der Waals surface area (Å²) in [5.41, 5.74) is 6.99. The third-order valence-electron chi connectivity index (χ3n) is 1.70. The molecule has 4 nitrogen and oxygen atoms in total. The third-order valence-corrected chi connectivity index (χ3v) is 1.70. The van der Waals surface area contributed by atoms with Crippen molar-refractivity contribution >= 4 is 18.6 Å². The molecule has 0 unspecified atom stereocenters. The van der Waals surface area contributed by atoms with Crippen molar-refractivity contribution in [2.75, 3.05) is 7.11 Å². The maximum atomic E-state index is 11.1. The van der Waals surface area contributed by atoms with E-state index in [0.29, 0.717) is 23.2 Å². The Balaban J connectivity index is 2.91. The Labute approximate surface area is 76.6 Å². The molecule has 0 spiro atoms. The van der Waals surface area contributed by atoms with Crippen LogP contribution in [0, 0.1) is 0 Å². The molecule has 0 amide bonds. The van der Waals surface area contributed by atoms with Gasteiger partial charge in [-0.05, 0) is 0 Å². The molecule has 0 saturated carbocycles. The maximum absolute atomic E-state index is 11.1. The topological polar surface area (TPSA) is 72.5 Å². The molecule has 68 valence electrons. The van der Waals surface area contributed by atoms with E-state index in [0.717, 1.165) is 7.12 Å². The molecule has 1 aliphatic carbocycles. The SMILES string of the molecule is COC(=O)C1=CC(N)=C/C(=B\O)C1. The predicted octanol–water partition coefficient (Wildman–Crippen LogP) is -0.884. The van der Waals surface area contributed by atoms with E-state index in [9.17, 15) is 4.79 Å². The van der Waals surface area contributed by atoms with Gasteiger partial charge in [0.1, 0.15) is 0 Å². The molecule has 13 heavy (non-hydrogen) atoms. The molecule has 0 aromatic rings. The fraction of sp³-hybridized carbons (Fsp3) is 0.250. The summed E-state index contributed by atoms with van der Waals surface area (Å²) in [5, 5.41) is 8.74. The molecule has 0 heterocycles. The van der Waals surface area contributed by atoms with Crippen LogP contribution in [0.15, 0.2) is 23.4 Å². The van der Waals surface area contributed by atoms with E-state index in [4.69, 9.17) is 10.8 Å². The number of rotatable bonds is 1. The van der Waals surface area contributed by atoms with Gasteiger partial charge in [-0.3, -0.25) is 0 Å². The first-order chi connectivity index (χ1) is 6.17. The first kappa shape index (κ1) is 9.57. The number of nitrogens with two attached hydrogens (primary N) is 1. The van der Waals surface area contributed by atoms with Crippen LogP contribution >= 0.6 is 0 Å². The van der Waals surface area contributed by atoms with Crippen LogP contribution in [0.3, 0.4) is 0 Å². The summed E-state index contributed by atoms with van der Waals surface area (Å²) in [6, 6.07) is 0. The van der Waals surface area contributed by atoms with Gasteiger partial charge in [-0.25, -0.2) is 0 Å². The number of carbonyl (C=O) groups excluding carboxylic acids is 1. The Bertz CT molecular complexity index is 317. The number of allylic oxidation sites excluding steroid dienone is 2. The molecular formula is C8H10BNO3. The molecule has 0 fully saturated rings. The zero-order chi connectivity index (χ0) is 9.84. The number of ether oxygens (including phenoxy) is 1. The van der Waals surface area contributed by atoms with Crippen molar-refractivity contribution in [1.82, 2.24) is 0 Å². The zero-order valence-corrected chi connectivity index (χ0v) is 7.28. The van der Waals surface area contributed by atoms with E-state index < -0.39 is 5.97 Å². The molecular weight excluding hydrogens is 169 g/mol. The van der Waals surface area contributed by atoms with Crippen molar-refractivity contribution < 1.29 is 14.6 Å². The second-order valence-corrected chi connectivity index (χ2v) is 2.69. The second kappa shape index (κ2) is 3.93. The van der Waals surface area contributed by atoms with Gasteiger partial charge in [-0.15, -0.1) is 0 Å². The second-order valence-electron chi connectivity index (χ2n) is 2.69. The minimum absolute atomic E-state index is 0.351. The number of hydrogen-bond acceptors (Lipinski definition) is 4. The van der Waals surface area contributed by atoms with Gasteiger partial charge < -0.3 is 0 Å². The first-order valence-electron chi connectivity index (χ1n) is 3.76. The Kier molecular flexibility index (Phi) is 2.90. The van der Waals surface area contributed by atoms with Crippen LogP contribution in [-0.2, 0) is 9.53 Å². The predicted molar refractivity (Wildman–Crippen MR) is 50.0 cm³/mol. The normalized spacial score (nSPS) is 18.7. The fourth-order valence-corrected chi connectivity index (χ4v) is 1.12. The molecule has 3 N–H and O–H groups in total. The van der Waals surface area contributed by atoms with Crippen LogP contribution in [0.1, 0.15) is 6.42 Å². The van der Waals surface area contributed by atoms with Gasteiger partial charge in [-0.2, -0.15) is 0 Å².